The van der Waals surface area contributed by atoms with Gasteiger partial charge in [0.2, 0.25) is 0 Å². The summed E-state index contributed by atoms with van der Waals surface area (Å²) >= 11 is 6.24. The fraction of sp³-hybridized carbons (Fsp3) is 0.161. The number of anilines is 2. The summed E-state index contributed by atoms with van der Waals surface area (Å²) in [6, 6.07) is 25.1. The van der Waals surface area contributed by atoms with E-state index in [9.17, 15) is 18.0 Å². The van der Waals surface area contributed by atoms with Crippen molar-refractivity contribution >= 4 is 44.9 Å². The lowest BCUT2D eigenvalue weighted by Crippen LogP contribution is -2.31. The molecule has 0 saturated heterocycles. The number of benzene rings is 4. The molecule has 0 heterocycles. The Morgan fingerprint density at radius 1 is 0.900 bits per heavy atom. The van der Waals surface area contributed by atoms with Gasteiger partial charge in [0.15, 0.2) is 0 Å². The van der Waals surface area contributed by atoms with Gasteiger partial charge in [-0.25, -0.2) is 13.2 Å². The Balaban J connectivity index is 1.60. The molecule has 4 aromatic carbocycles. The molecule has 0 saturated carbocycles. The summed E-state index contributed by atoms with van der Waals surface area (Å²) < 4.78 is 33.8. The fourth-order valence-electron chi connectivity index (χ4n) is 4.19. The average Bonchev–Trinajstić information content (AvgIpc) is 2.95. The number of nitrogens with one attached hydrogen (secondary N) is 1. The molecule has 0 aliphatic carbocycles. The van der Waals surface area contributed by atoms with Crippen LogP contribution in [0.15, 0.2) is 95.9 Å². The molecule has 4 rings (SSSR count). The molecule has 0 fully saturated rings. The topological polar surface area (TPSA) is 92.8 Å². The van der Waals surface area contributed by atoms with Gasteiger partial charge in [0.1, 0.15) is 0 Å². The maximum atomic E-state index is 13.7. The van der Waals surface area contributed by atoms with E-state index in [0.29, 0.717) is 38.7 Å². The van der Waals surface area contributed by atoms with Crippen LogP contribution in [0.5, 0.6) is 0 Å². The normalized spacial score (nSPS) is 11.1. The van der Waals surface area contributed by atoms with E-state index in [4.69, 9.17) is 16.3 Å². The van der Waals surface area contributed by atoms with Gasteiger partial charge in [-0.05, 0) is 86.0 Å². The molecule has 0 bridgehead atoms. The van der Waals surface area contributed by atoms with E-state index in [1.54, 1.807) is 105 Å². The van der Waals surface area contributed by atoms with Crippen molar-refractivity contribution in [3.05, 3.63) is 124 Å². The Hall–Kier alpha value is -4.14. The number of esters is 1. The zero-order valence-corrected chi connectivity index (χ0v) is 23.9. The number of carbonyl (C=O) groups excluding carboxylic acids is 2. The van der Waals surface area contributed by atoms with Gasteiger partial charge in [0.25, 0.3) is 15.9 Å². The minimum Gasteiger partial charge on any atom is -0.462 e. The summed E-state index contributed by atoms with van der Waals surface area (Å²) in [6.07, 6.45) is 0. The SMILES string of the molecule is CCOC(=O)c1cccc(NC(=O)c2ccc(CN(c3cc(Cl)ccc3C)S(=O)(=O)c3ccccc3)cc2)c1C. The van der Waals surface area contributed by atoms with Crippen LogP contribution in [-0.4, -0.2) is 26.9 Å². The van der Waals surface area contributed by atoms with Gasteiger partial charge >= 0.3 is 5.97 Å². The van der Waals surface area contributed by atoms with E-state index in [0.717, 1.165) is 5.56 Å². The van der Waals surface area contributed by atoms with Crippen molar-refractivity contribution < 1.29 is 22.7 Å². The maximum Gasteiger partial charge on any atom is 0.338 e. The average molecular weight is 577 g/mol. The van der Waals surface area contributed by atoms with E-state index in [-0.39, 0.29) is 24.0 Å². The third-order valence-electron chi connectivity index (χ3n) is 6.39. The molecule has 1 amide bonds. The molecule has 7 nitrogen and oxygen atoms in total. The Labute approximate surface area is 239 Å². The molecular weight excluding hydrogens is 548 g/mol. The van der Waals surface area contributed by atoms with Crippen molar-refractivity contribution in [2.75, 3.05) is 16.2 Å². The van der Waals surface area contributed by atoms with Crippen LogP contribution in [0.25, 0.3) is 0 Å². The number of hydrogen-bond donors (Lipinski definition) is 1. The fourth-order valence-corrected chi connectivity index (χ4v) is 5.89. The number of carbonyl (C=O) groups is 2. The zero-order valence-electron chi connectivity index (χ0n) is 22.3. The van der Waals surface area contributed by atoms with Gasteiger partial charge in [-0.2, -0.15) is 0 Å². The van der Waals surface area contributed by atoms with Crippen molar-refractivity contribution in [1.29, 1.82) is 0 Å². The first-order chi connectivity index (χ1) is 19.1. The predicted molar refractivity (Wildman–Crippen MR) is 158 cm³/mol. The first kappa shape index (κ1) is 28.9. The number of amides is 1. The van der Waals surface area contributed by atoms with Crippen LogP contribution < -0.4 is 9.62 Å². The van der Waals surface area contributed by atoms with Gasteiger partial charge in [0.05, 0.1) is 29.3 Å². The number of halogens is 1. The van der Waals surface area contributed by atoms with Crippen LogP contribution in [0.2, 0.25) is 5.02 Å². The lowest BCUT2D eigenvalue weighted by molar-refractivity contribution is 0.0525. The van der Waals surface area contributed by atoms with Crippen LogP contribution in [0, 0.1) is 13.8 Å². The molecule has 9 heteroatoms. The first-order valence-corrected chi connectivity index (χ1v) is 14.4. The van der Waals surface area contributed by atoms with Crippen LogP contribution in [0.4, 0.5) is 11.4 Å². The van der Waals surface area contributed by atoms with Crippen LogP contribution in [-0.2, 0) is 21.3 Å². The largest absolute Gasteiger partial charge is 0.462 e. The van der Waals surface area contributed by atoms with E-state index >= 15 is 0 Å². The molecule has 1 N–H and O–H groups in total. The first-order valence-electron chi connectivity index (χ1n) is 12.6. The second kappa shape index (κ2) is 12.4. The predicted octanol–water partition coefficient (Wildman–Crippen LogP) is 6.78. The standard InChI is InChI=1S/C31H29ClN2O5S/c1-4-39-31(36)27-11-8-12-28(22(27)3)33-30(35)24-16-14-23(15-17-24)20-34(29-19-25(32)18-13-21(29)2)40(37,38)26-9-6-5-7-10-26/h5-19H,4,20H2,1-3H3,(H,33,35). The monoisotopic (exact) mass is 576 g/mol. The lowest BCUT2D eigenvalue weighted by atomic mass is 10.1. The number of aryl methyl sites for hydroxylation is 1. The highest BCUT2D eigenvalue weighted by molar-refractivity contribution is 7.92. The van der Waals surface area contributed by atoms with Crippen molar-refractivity contribution in [2.24, 2.45) is 0 Å². The van der Waals surface area contributed by atoms with Crippen LogP contribution in [0.1, 0.15) is 44.3 Å². The maximum absolute atomic E-state index is 13.7. The van der Waals surface area contributed by atoms with E-state index in [1.165, 1.54) is 4.31 Å². The van der Waals surface area contributed by atoms with Crippen molar-refractivity contribution in [2.45, 2.75) is 32.2 Å². The van der Waals surface area contributed by atoms with Gasteiger partial charge in [0, 0.05) is 16.3 Å². The minimum absolute atomic E-state index is 0.0288. The van der Waals surface area contributed by atoms with Gasteiger partial charge in [-0.15, -0.1) is 0 Å². The summed E-state index contributed by atoms with van der Waals surface area (Å²) in [4.78, 5) is 25.4. The summed E-state index contributed by atoms with van der Waals surface area (Å²) in [7, 11) is -3.92. The molecule has 40 heavy (non-hydrogen) atoms. The molecule has 0 aliphatic rings. The highest BCUT2D eigenvalue weighted by Crippen LogP contribution is 2.31. The van der Waals surface area contributed by atoms with Crippen LogP contribution in [0.3, 0.4) is 0 Å². The minimum atomic E-state index is -3.92. The number of hydrogen-bond acceptors (Lipinski definition) is 5. The molecule has 206 valence electrons. The zero-order chi connectivity index (χ0) is 28.9. The highest BCUT2D eigenvalue weighted by atomic mass is 35.5. The summed E-state index contributed by atoms with van der Waals surface area (Å²) in [5.41, 5.74) is 3.75. The summed E-state index contributed by atoms with van der Waals surface area (Å²) in [5.74, 6) is -0.819. The van der Waals surface area contributed by atoms with Gasteiger partial charge < -0.3 is 10.1 Å². The molecule has 4 aromatic rings. The van der Waals surface area contributed by atoms with E-state index in [2.05, 4.69) is 5.32 Å². The molecule has 0 unspecified atom stereocenters. The van der Waals surface area contributed by atoms with Crippen molar-refractivity contribution in [3.63, 3.8) is 0 Å². The smallest absolute Gasteiger partial charge is 0.338 e. The number of nitrogens with zero attached hydrogens (tertiary/aromatic N) is 1. The molecule has 0 aliphatic heterocycles. The van der Waals surface area contributed by atoms with Gasteiger partial charge in [-0.3, -0.25) is 9.10 Å². The number of rotatable bonds is 9. The third-order valence-corrected chi connectivity index (χ3v) is 8.40. The van der Waals surface area contributed by atoms with Crippen molar-refractivity contribution in [3.8, 4) is 0 Å². The van der Waals surface area contributed by atoms with Gasteiger partial charge in [-0.1, -0.05) is 54.1 Å². The highest BCUT2D eigenvalue weighted by Gasteiger charge is 2.26. The second-order valence-corrected chi connectivity index (χ2v) is 11.4. The second-order valence-electron chi connectivity index (χ2n) is 9.11. The lowest BCUT2D eigenvalue weighted by Gasteiger charge is -2.26. The number of ether oxygens (including phenoxy) is 1. The van der Waals surface area contributed by atoms with Crippen LogP contribution >= 0.6 is 11.6 Å². The van der Waals surface area contributed by atoms with Crippen molar-refractivity contribution in [1.82, 2.24) is 0 Å². The Morgan fingerprint density at radius 3 is 2.27 bits per heavy atom. The molecule has 0 radical (unpaired) electrons. The summed E-state index contributed by atoms with van der Waals surface area (Å²) in [6.45, 7) is 5.58. The van der Waals surface area contributed by atoms with E-state index < -0.39 is 16.0 Å². The van der Waals surface area contributed by atoms with E-state index in [1.807, 2.05) is 6.92 Å². The molecule has 0 spiro atoms. The summed E-state index contributed by atoms with van der Waals surface area (Å²) in [5, 5.41) is 3.26. The Morgan fingerprint density at radius 2 is 1.60 bits per heavy atom. The Bertz CT molecular complexity index is 1640. The quantitative estimate of drug-likeness (QED) is 0.222. The molecule has 0 atom stereocenters. The molecular formula is C31H29ClN2O5S. The number of sulfonamides is 1. The Kier molecular flexibility index (Phi) is 8.92. The third kappa shape index (κ3) is 6.35. The molecule has 0 aromatic heterocycles.